The highest BCUT2D eigenvalue weighted by atomic mass is 16.5. The van der Waals surface area contributed by atoms with Gasteiger partial charge in [-0.2, -0.15) is 0 Å². The molecule has 1 saturated heterocycles. The smallest absolute Gasteiger partial charge is 0.409 e. The Hall–Kier alpha value is -3.48. The quantitative estimate of drug-likeness (QED) is 0.629. The van der Waals surface area contributed by atoms with Gasteiger partial charge in [0.05, 0.1) is 12.7 Å². The van der Waals surface area contributed by atoms with Crippen LogP contribution in [0.5, 0.6) is 5.88 Å². The highest BCUT2D eigenvalue weighted by molar-refractivity contribution is 5.74. The number of benzene rings is 2. The average Bonchev–Trinajstić information content (AvgIpc) is 3.22. The van der Waals surface area contributed by atoms with Gasteiger partial charge in [0.15, 0.2) is 5.76 Å². The Bertz CT molecular complexity index is 995. The first-order chi connectivity index (χ1) is 14.7. The third-order valence-electron chi connectivity index (χ3n) is 5.38. The minimum Gasteiger partial charge on any atom is -0.470 e. The molecule has 1 aromatic heterocycles. The average molecular weight is 407 g/mol. The fourth-order valence-corrected chi connectivity index (χ4v) is 3.80. The molecule has 7 nitrogen and oxygen atoms in total. The second-order valence-electron chi connectivity index (χ2n) is 7.36. The molecular weight excluding hydrogens is 382 g/mol. The highest BCUT2D eigenvalue weighted by Crippen LogP contribution is 2.41. The zero-order chi connectivity index (χ0) is 20.9. The van der Waals surface area contributed by atoms with Crippen LogP contribution in [0, 0.1) is 0 Å². The number of ether oxygens (including phenoxy) is 2. The van der Waals surface area contributed by atoms with E-state index < -0.39 is 0 Å². The van der Waals surface area contributed by atoms with Gasteiger partial charge in [-0.15, -0.1) is 0 Å². The van der Waals surface area contributed by atoms with Crippen molar-refractivity contribution in [1.82, 2.24) is 10.1 Å². The molecule has 156 valence electrons. The predicted octanol–water partition coefficient (Wildman–Crippen LogP) is 4.45. The minimum atomic E-state index is -0.297. The van der Waals surface area contributed by atoms with Gasteiger partial charge < -0.3 is 24.6 Å². The van der Waals surface area contributed by atoms with E-state index in [9.17, 15) is 4.79 Å². The van der Waals surface area contributed by atoms with Crippen LogP contribution in [0.2, 0.25) is 0 Å². The van der Waals surface area contributed by atoms with Crippen LogP contribution in [-0.2, 0) is 11.3 Å². The summed E-state index contributed by atoms with van der Waals surface area (Å²) in [6.45, 7) is 1.60. The molecule has 0 radical (unpaired) electrons. The Morgan fingerprint density at radius 3 is 2.63 bits per heavy atom. The van der Waals surface area contributed by atoms with E-state index in [1.807, 2.05) is 54.6 Å². The van der Waals surface area contributed by atoms with Gasteiger partial charge in [0.1, 0.15) is 6.61 Å². The van der Waals surface area contributed by atoms with Gasteiger partial charge in [-0.25, -0.2) is 4.79 Å². The van der Waals surface area contributed by atoms with Crippen LogP contribution >= 0.6 is 0 Å². The molecule has 0 saturated carbocycles. The van der Waals surface area contributed by atoms with Crippen LogP contribution < -0.4 is 10.5 Å². The molecule has 1 aliphatic rings. The summed E-state index contributed by atoms with van der Waals surface area (Å²) in [4.78, 5) is 13.5. The monoisotopic (exact) mass is 407 g/mol. The topological polar surface area (TPSA) is 90.8 Å². The van der Waals surface area contributed by atoms with Crippen molar-refractivity contribution < 1.29 is 18.8 Å². The molecule has 2 aromatic carbocycles. The molecule has 4 rings (SSSR count). The van der Waals surface area contributed by atoms with E-state index >= 15 is 0 Å². The van der Waals surface area contributed by atoms with E-state index in [-0.39, 0.29) is 12.0 Å². The largest absolute Gasteiger partial charge is 0.470 e. The van der Waals surface area contributed by atoms with Crippen molar-refractivity contribution in [2.24, 2.45) is 0 Å². The van der Waals surface area contributed by atoms with E-state index in [1.165, 1.54) is 7.11 Å². The second kappa shape index (κ2) is 8.90. The minimum absolute atomic E-state index is 0.129. The molecule has 0 atom stereocenters. The number of aromatic nitrogens is 1. The number of piperidine rings is 1. The Morgan fingerprint density at radius 1 is 1.17 bits per heavy atom. The number of likely N-dealkylation sites (tertiary alicyclic amines) is 1. The highest BCUT2D eigenvalue weighted by Gasteiger charge is 2.31. The summed E-state index contributed by atoms with van der Waals surface area (Å²) in [7, 11) is 1.40. The molecule has 3 aromatic rings. The number of carbonyl (C=O) groups is 1. The number of anilines is 1. The summed E-state index contributed by atoms with van der Waals surface area (Å²) in [6, 6.07) is 17.5. The van der Waals surface area contributed by atoms with Gasteiger partial charge in [-0.1, -0.05) is 42.5 Å². The van der Waals surface area contributed by atoms with Crippen LogP contribution in [-0.4, -0.2) is 36.3 Å². The molecule has 1 aliphatic heterocycles. The molecule has 2 N–H and O–H groups in total. The Morgan fingerprint density at radius 2 is 1.93 bits per heavy atom. The SMILES string of the molecule is COC(=O)N1CCC(c2onc(OCc3ccccc3)c2-c2cccc(N)c2)CC1. The van der Waals surface area contributed by atoms with Gasteiger partial charge in [0.25, 0.3) is 5.88 Å². The third kappa shape index (κ3) is 4.25. The molecule has 30 heavy (non-hydrogen) atoms. The number of nitrogens with zero attached hydrogens (tertiary/aromatic N) is 2. The molecule has 7 heteroatoms. The maximum atomic E-state index is 11.8. The van der Waals surface area contributed by atoms with Crippen molar-refractivity contribution in [3.8, 4) is 17.0 Å². The molecule has 1 fully saturated rings. The Kier molecular flexibility index (Phi) is 5.88. The summed E-state index contributed by atoms with van der Waals surface area (Å²) in [5.41, 5.74) is 9.47. The number of hydrogen-bond donors (Lipinski definition) is 1. The molecular formula is C23H25N3O4. The molecule has 1 amide bonds. The van der Waals surface area contributed by atoms with E-state index in [4.69, 9.17) is 19.7 Å². The number of rotatable bonds is 5. The first-order valence-corrected chi connectivity index (χ1v) is 10.0. The van der Waals surface area contributed by atoms with Crippen LogP contribution in [0.3, 0.4) is 0 Å². The zero-order valence-corrected chi connectivity index (χ0v) is 16.9. The normalized spacial score (nSPS) is 14.5. The molecule has 0 aliphatic carbocycles. The van der Waals surface area contributed by atoms with Crippen molar-refractivity contribution in [3.05, 3.63) is 65.9 Å². The van der Waals surface area contributed by atoms with Gasteiger partial charge in [-0.05, 0) is 41.3 Å². The van der Waals surface area contributed by atoms with Gasteiger partial charge >= 0.3 is 6.09 Å². The van der Waals surface area contributed by atoms with Crippen molar-refractivity contribution in [2.75, 3.05) is 25.9 Å². The summed E-state index contributed by atoms with van der Waals surface area (Å²) in [5.74, 6) is 1.35. The number of amides is 1. The summed E-state index contributed by atoms with van der Waals surface area (Å²) in [6.07, 6.45) is 1.23. The van der Waals surface area contributed by atoms with Crippen LogP contribution in [0.25, 0.3) is 11.1 Å². The lowest BCUT2D eigenvalue weighted by atomic mass is 9.90. The fraction of sp³-hybridized carbons (Fsp3) is 0.304. The number of methoxy groups -OCH3 is 1. The van der Waals surface area contributed by atoms with Crippen molar-refractivity contribution in [2.45, 2.75) is 25.4 Å². The number of carbonyl (C=O) groups excluding carboxylic acids is 1. The van der Waals surface area contributed by atoms with Crippen LogP contribution in [0.15, 0.2) is 59.1 Å². The van der Waals surface area contributed by atoms with Gasteiger partial charge in [-0.3, -0.25) is 0 Å². The standard InChI is InChI=1S/C23H25N3O4/c1-28-23(27)26-12-10-17(11-13-26)21-20(18-8-5-9-19(24)14-18)22(25-30-21)29-15-16-6-3-2-4-7-16/h2-9,14,17H,10-13,15,24H2,1H3. The Balaban J connectivity index is 1.60. The van der Waals surface area contributed by atoms with E-state index in [2.05, 4.69) is 5.16 Å². The van der Waals surface area contributed by atoms with E-state index in [0.717, 1.165) is 35.3 Å². The molecule has 0 spiro atoms. The lowest BCUT2D eigenvalue weighted by Crippen LogP contribution is -2.37. The predicted molar refractivity (Wildman–Crippen MR) is 113 cm³/mol. The van der Waals surface area contributed by atoms with Gasteiger partial charge in [0, 0.05) is 24.7 Å². The fourth-order valence-electron chi connectivity index (χ4n) is 3.80. The van der Waals surface area contributed by atoms with Crippen molar-refractivity contribution in [1.29, 1.82) is 0 Å². The summed E-state index contributed by atoms with van der Waals surface area (Å²) in [5, 5.41) is 4.24. The lowest BCUT2D eigenvalue weighted by Gasteiger charge is -2.30. The molecule has 0 bridgehead atoms. The number of hydrogen-bond acceptors (Lipinski definition) is 6. The van der Waals surface area contributed by atoms with E-state index in [0.29, 0.717) is 31.3 Å². The van der Waals surface area contributed by atoms with Gasteiger partial charge in [0.2, 0.25) is 0 Å². The van der Waals surface area contributed by atoms with Crippen LogP contribution in [0.1, 0.15) is 30.1 Å². The van der Waals surface area contributed by atoms with Crippen LogP contribution in [0.4, 0.5) is 10.5 Å². The lowest BCUT2D eigenvalue weighted by molar-refractivity contribution is 0.110. The first kappa shape index (κ1) is 19.8. The third-order valence-corrected chi connectivity index (χ3v) is 5.38. The summed E-state index contributed by atoms with van der Waals surface area (Å²) >= 11 is 0. The second-order valence-corrected chi connectivity index (χ2v) is 7.36. The first-order valence-electron chi connectivity index (χ1n) is 10.0. The van der Waals surface area contributed by atoms with E-state index in [1.54, 1.807) is 4.90 Å². The summed E-state index contributed by atoms with van der Waals surface area (Å²) < 4.78 is 16.7. The van der Waals surface area contributed by atoms with Crippen molar-refractivity contribution in [3.63, 3.8) is 0 Å². The molecule has 0 unspecified atom stereocenters. The van der Waals surface area contributed by atoms with Crippen molar-refractivity contribution >= 4 is 11.8 Å². The number of nitrogen functional groups attached to an aromatic ring is 1. The maximum Gasteiger partial charge on any atom is 0.409 e. The molecule has 2 heterocycles. The Labute approximate surface area is 175 Å². The number of nitrogens with two attached hydrogens (primary N) is 1. The maximum absolute atomic E-state index is 11.8. The zero-order valence-electron chi connectivity index (χ0n) is 16.9.